The first-order chi connectivity index (χ1) is 8.21. The molecule has 0 amide bonds. The van der Waals surface area contributed by atoms with Crippen molar-refractivity contribution in [1.29, 1.82) is 0 Å². The van der Waals surface area contributed by atoms with Crippen LogP contribution in [0.25, 0.3) is 0 Å². The molecular weight excluding hydrogens is 234 g/mol. The molecule has 0 spiro atoms. The predicted octanol–water partition coefficient (Wildman–Crippen LogP) is 2.46. The summed E-state index contributed by atoms with van der Waals surface area (Å²) in [6, 6.07) is 5.93. The minimum atomic E-state index is 0.823. The Hall–Kier alpha value is -0.870. The van der Waals surface area contributed by atoms with Gasteiger partial charge in [0.15, 0.2) is 0 Å². The standard InChI is InChI=1S/C13H21NO2S/c1-14(7-4-8-17)10-11-5-6-12(15-2)9-13(11)16-3/h5-6,9,17H,4,7-8,10H2,1-3H3. The maximum Gasteiger partial charge on any atom is 0.127 e. The summed E-state index contributed by atoms with van der Waals surface area (Å²) in [4.78, 5) is 2.26. The Morgan fingerprint density at radius 3 is 2.59 bits per heavy atom. The van der Waals surface area contributed by atoms with Crippen molar-refractivity contribution in [2.45, 2.75) is 13.0 Å². The first-order valence-corrected chi connectivity index (χ1v) is 6.34. The van der Waals surface area contributed by atoms with Gasteiger partial charge in [0.2, 0.25) is 0 Å². The van der Waals surface area contributed by atoms with E-state index in [0.717, 1.165) is 36.8 Å². The van der Waals surface area contributed by atoms with E-state index in [9.17, 15) is 0 Å². The monoisotopic (exact) mass is 255 g/mol. The van der Waals surface area contributed by atoms with Crippen molar-refractivity contribution in [2.75, 3.05) is 33.6 Å². The first kappa shape index (κ1) is 14.2. The Labute approximate surface area is 109 Å². The third-order valence-corrected chi connectivity index (χ3v) is 2.95. The highest BCUT2D eigenvalue weighted by atomic mass is 32.1. The molecular formula is C13H21NO2S. The van der Waals surface area contributed by atoms with Crippen LogP contribution in [0.1, 0.15) is 12.0 Å². The zero-order chi connectivity index (χ0) is 12.7. The highest BCUT2D eigenvalue weighted by Gasteiger charge is 2.07. The van der Waals surface area contributed by atoms with Crippen LogP contribution >= 0.6 is 12.6 Å². The second-order valence-corrected chi connectivity index (χ2v) is 4.44. The maximum atomic E-state index is 5.37. The van der Waals surface area contributed by atoms with Crippen molar-refractivity contribution < 1.29 is 9.47 Å². The lowest BCUT2D eigenvalue weighted by Crippen LogP contribution is -2.19. The van der Waals surface area contributed by atoms with Crippen LogP contribution in [0.15, 0.2) is 18.2 Å². The van der Waals surface area contributed by atoms with Crippen molar-refractivity contribution in [3.8, 4) is 11.5 Å². The normalized spacial score (nSPS) is 10.6. The molecule has 0 aliphatic carbocycles. The molecule has 0 unspecified atom stereocenters. The van der Waals surface area contributed by atoms with E-state index in [0.29, 0.717) is 0 Å². The van der Waals surface area contributed by atoms with Crippen LogP contribution in [0.5, 0.6) is 11.5 Å². The molecule has 1 aromatic carbocycles. The molecule has 0 bridgehead atoms. The van der Waals surface area contributed by atoms with Crippen molar-refractivity contribution >= 4 is 12.6 Å². The summed E-state index contributed by atoms with van der Waals surface area (Å²) in [5, 5.41) is 0. The van der Waals surface area contributed by atoms with E-state index in [4.69, 9.17) is 9.47 Å². The summed E-state index contributed by atoms with van der Waals surface area (Å²) in [6.45, 7) is 1.92. The van der Waals surface area contributed by atoms with Gasteiger partial charge in [-0.25, -0.2) is 0 Å². The van der Waals surface area contributed by atoms with Gasteiger partial charge in [0.25, 0.3) is 0 Å². The summed E-state index contributed by atoms with van der Waals surface area (Å²) in [5.41, 5.74) is 1.18. The van der Waals surface area contributed by atoms with E-state index in [1.54, 1.807) is 14.2 Å². The average Bonchev–Trinajstić information content (AvgIpc) is 2.36. The fraction of sp³-hybridized carbons (Fsp3) is 0.538. The van der Waals surface area contributed by atoms with Gasteiger partial charge in [-0.2, -0.15) is 12.6 Å². The topological polar surface area (TPSA) is 21.7 Å². The Balaban J connectivity index is 2.69. The second-order valence-electron chi connectivity index (χ2n) is 3.99. The van der Waals surface area contributed by atoms with Gasteiger partial charge >= 0.3 is 0 Å². The number of ether oxygens (including phenoxy) is 2. The molecule has 0 heterocycles. The molecule has 0 atom stereocenters. The zero-order valence-electron chi connectivity index (χ0n) is 10.8. The van der Waals surface area contributed by atoms with E-state index in [1.807, 2.05) is 12.1 Å². The van der Waals surface area contributed by atoms with Crippen LogP contribution in [0, 0.1) is 0 Å². The van der Waals surface area contributed by atoms with Crippen LogP contribution in [-0.2, 0) is 6.54 Å². The summed E-state index contributed by atoms with van der Waals surface area (Å²) in [6.07, 6.45) is 1.10. The van der Waals surface area contributed by atoms with E-state index in [-0.39, 0.29) is 0 Å². The Morgan fingerprint density at radius 1 is 1.24 bits per heavy atom. The summed E-state index contributed by atoms with van der Waals surface area (Å²) >= 11 is 4.22. The van der Waals surface area contributed by atoms with Gasteiger partial charge in [-0.15, -0.1) is 0 Å². The van der Waals surface area contributed by atoms with E-state index >= 15 is 0 Å². The second kappa shape index (κ2) is 7.45. The number of nitrogens with zero attached hydrogens (tertiary/aromatic N) is 1. The zero-order valence-corrected chi connectivity index (χ0v) is 11.7. The van der Waals surface area contributed by atoms with Gasteiger partial charge in [0, 0.05) is 18.2 Å². The molecule has 0 aliphatic heterocycles. The van der Waals surface area contributed by atoms with Crippen LogP contribution in [0.3, 0.4) is 0 Å². The number of rotatable bonds is 7. The number of thiol groups is 1. The predicted molar refractivity (Wildman–Crippen MR) is 74.4 cm³/mol. The average molecular weight is 255 g/mol. The first-order valence-electron chi connectivity index (χ1n) is 5.71. The van der Waals surface area contributed by atoms with Crippen LogP contribution in [0.4, 0.5) is 0 Å². The van der Waals surface area contributed by atoms with Crippen LogP contribution < -0.4 is 9.47 Å². The van der Waals surface area contributed by atoms with Crippen molar-refractivity contribution in [2.24, 2.45) is 0 Å². The van der Waals surface area contributed by atoms with Gasteiger partial charge < -0.3 is 14.4 Å². The summed E-state index contributed by atoms with van der Waals surface area (Å²) < 4.78 is 10.5. The van der Waals surface area contributed by atoms with Gasteiger partial charge in [-0.05, 0) is 31.8 Å². The molecule has 96 valence electrons. The van der Waals surface area contributed by atoms with E-state index in [1.165, 1.54) is 5.56 Å². The minimum absolute atomic E-state index is 0.823. The Bertz CT molecular complexity index is 344. The lowest BCUT2D eigenvalue weighted by atomic mass is 10.1. The highest BCUT2D eigenvalue weighted by molar-refractivity contribution is 7.80. The quantitative estimate of drug-likeness (QED) is 0.756. The van der Waals surface area contributed by atoms with E-state index in [2.05, 4.69) is 30.6 Å². The van der Waals surface area contributed by atoms with Crippen molar-refractivity contribution in [3.05, 3.63) is 23.8 Å². The maximum absolute atomic E-state index is 5.37. The Kier molecular flexibility index (Phi) is 6.22. The van der Waals surface area contributed by atoms with Crippen LogP contribution in [-0.4, -0.2) is 38.5 Å². The SMILES string of the molecule is COc1ccc(CN(C)CCCS)c(OC)c1. The molecule has 0 radical (unpaired) electrons. The van der Waals surface area contributed by atoms with Gasteiger partial charge in [0.05, 0.1) is 14.2 Å². The summed E-state index contributed by atoms with van der Waals surface area (Å²) in [5.74, 6) is 2.62. The minimum Gasteiger partial charge on any atom is -0.497 e. The molecule has 0 saturated carbocycles. The number of hydrogen-bond donors (Lipinski definition) is 1. The smallest absolute Gasteiger partial charge is 0.127 e. The van der Waals surface area contributed by atoms with Gasteiger partial charge in [-0.3, -0.25) is 0 Å². The third kappa shape index (κ3) is 4.48. The van der Waals surface area contributed by atoms with Gasteiger partial charge in [-0.1, -0.05) is 6.07 Å². The summed E-state index contributed by atoms with van der Waals surface area (Å²) in [7, 11) is 5.45. The fourth-order valence-corrected chi connectivity index (χ4v) is 1.83. The Morgan fingerprint density at radius 2 is 2.00 bits per heavy atom. The molecule has 0 N–H and O–H groups in total. The third-order valence-electron chi connectivity index (χ3n) is 2.63. The number of methoxy groups -OCH3 is 2. The van der Waals surface area contributed by atoms with Gasteiger partial charge in [0.1, 0.15) is 11.5 Å². The molecule has 0 saturated heterocycles. The lowest BCUT2D eigenvalue weighted by Gasteiger charge is -2.18. The molecule has 3 nitrogen and oxygen atoms in total. The van der Waals surface area contributed by atoms with Crippen LogP contribution in [0.2, 0.25) is 0 Å². The molecule has 0 fully saturated rings. The highest BCUT2D eigenvalue weighted by Crippen LogP contribution is 2.25. The van der Waals surface area contributed by atoms with E-state index < -0.39 is 0 Å². The van der Waals surface area contributed by atoms with Crippen molar-refractivity contribution in [1.82, 2.24) is 4.90 Å². The molecule has 1 aromatic rings. The molecule has 0 aromatic heterocycles. The largest absolute Gasteiger partial charge is 0.497 e. The lowest BCUT2D eigenvalue weighted by molar-refractivity contribution is 0.318. The molecule has 17 heavy (non-hydrogen) atoms. The fourth-order valence-electron chi connectivity index (χ4n) is 1.69. The molecule has 1 rings (SSSR count). The molecule has 0 aliphatic rings. The molecule has 4 heteroatoms. The van der Waals surface area contributed by atoms with Crippen molar-refractivity contribution in [3.63, 3.8) is 0 Å². The number of benzene rings is 1. The number of hydrogen-bond acceptors (Lipinski definition) is 4.